The van der Waals surface area contributed by atoms with Crippen LogP contribution in [0.25, 0.3) is 0 Å². The van der Waals surface area contributed by atoms with Crippen LogP contribution in [0.15, 0.2) is 18.2 Å². The van der Waals surface area contributed by atoms with Crippen LogP contribution >= 0.6 is 23.2 Å². The highest BCUT2D eigenvalue weighted by atomic mass is 35.5. The largest absolute Gasteiger partial charge is 0.481 e. The van der Waals surface area contributed by atoms with Gasteiger partial charge in [-0.2, -0.15) is 0 Å². The molecular formula is C12H11Cl2NO3. The smallest absolute Gasteiger partial charge is 0.310 e. The monoisotopic (exact) mass is 287 g/mol. The van der Waals surface area contributed by atoms with E-state index in [9.17, 15) is 9.59 Å². The highest BCUT2D eigenvalue weighted by Crippen LogP contribution is 2.26. The van der Waals surface area contributed by atoms with Gasteiger partial charge in [0.05, 0.1) is 12.3 Å². The van der Waals surface area contributed by atoms with Crippen molar-refractivity contribution in [2.45, 2.75) is 6.42 Å². The third kappa shape index (κ3) is 2.60. The fourth-order valence-electron chi connectivity index (χ4n) is 1.80. The van der Waals surface area contributed by atoms with Gasteiger partial charge in [-0.1, -0.05) is 29.3 Å². The van der Waals surface area contributed by atoms with E-state index in [0.29, 0.717) is 15.6 Å². The van der Waals surface area contributed by atoms with Crippen molar-refractivity contribution >= 4 is 35.1 Å². The Hall–Kier alpha value is -1.26. The lowest BCUT2D eigenvalue weighted by molar-refractivity contribution is -0.152. The van der Waals surface area contributed by atoms with Crippen LogP contribution in [0.4, 0.5) is 0 Å². The van der Waals surface area contributed by atoms with Crippen molar-refractivity contribution in [2.75, 3.05) is 13.1 Å². The average Bonchev–Trinajstić information content (AvgIpc) is 2.21. The van der Waals surface area contributed by atoms with Crippen LogP contribution < -0.4 is 0 Å². The molecule has 0 unspecified atom stereocenters. The molecule has 4 nitrogen and oxygen atoms in total. The summed E-state index contributed by atoms with van der Waals surface area (Å²) < 4.78 is 0. The third-order valence-electron chi connectivity index (χ3n) is 2.97. The third-order valence-corrected chi connectivity index (χ3v) is 3.68. The Morgan fingerprint density at radius 3 is 2.33 bits per heavy atom. The number of carbonyl (C=O) groups is 2. The van der Waals surface area contributed by atoms with Crippen molar-refractivity contribution < 1.29 is 14.7 Å². The molecule has 1 saturated heterocycles. The summed E-state index contributed by atoms with van der Waals surface area (Å²) in [7, 11) is 0. The molecule has 0 bridgehead atoms. The van der Waals surface area contributed by atoms with Gasteiger partial charge in [-0.3, -0.25) is 9.59 Å². The van der Waals surface area contributed by atoms with E-state index >= 15 is 0 Å². The molecule has 1 amide bonds. The van der Waals surface area contributed by atoms with Crippen molar-refractivity contribution in [3.63, 3.8) is 0 Å². The van der Waals surface area contributed by atoms with E-state index in [4.69, 9.17) is 28.3 Å². The highest BCUT2D eigenvalue weighted by molar-refractivity contribution is 6.36. The Balaban J connectivity index is 1.99. The molecule has 2 rings (SSSR count). The number of halogens is 2. The lowest BCUT2D eigenvalue weighted by Crippen LogP contribution is -2.53. The second kappa shape index (κ2) is 5.16. The predicted octanol–water partition coefficient (Wildman–Crippen LogP) is 2.08. The van der Waals surface area contributed by atoms with E-state index in [1.54, 1.807) is 18.2 Å². The van der Waals surface area contributed by atoms with Crippen LogP contribution in [0.1, 0.15) is 5.56 Å². The first-order chi connectivity index (χ1) is 8.49. The van der Waals surface area contributed by atoms with Gasteiger partial charge in [-0.05, 0) is 17.7 Å². The van der Waals surface area contributed by atoms with E-state index in [0.717, 1.165) is 0 Å². The molecule has 0 saturated carbocycles. The molecule has 1 heterocycles. The number of aliphatic carboxylic acids is 1. The van der Waals surface area contributed by atoms with Crippen LogP contribution in [-0.4, -0.2) is 35.0 Å². The van der Waals surface area contributed by atoms with E-state index in [1.807, 2.05) is 0 Å². The van der Waals surface area contributed by atoms with Crippen LogP contribution in [-0.2, 0) is 16.0 Å². The zero-order valence-electron chi connectivity index (χ0n) is 9.40. The molecule has 18 heavy (non-hydrogen) atoms. The van der Waals surface area contributed by atoms with Gasteiger partial charge < -0.3 is 10.0 Å². The van der Waals surface area contributed by atoms with Crippen molar-refractivity contribution in [2.24, 2.45) is 5.92 Å². The number of hydrogen-bond donors (Lipinski definition) is 1. The number of carboxylic acid groups (broad SMARTS) is 1. The molecule has 1 N–H and O–H groups in total. The van der Waals surface area contributed by atoms with Gasteiger partial charge in [-0.25, -0.2) is 0 Å². The molecule has 0 atom stereocenters. The Bertz CT molecular complexity index is 478. The summed E-state index contributed by atoms with van der Waals surface area (Å²) in [5.74, 6) is -1.46. The molecule has 1 aromatic carbocycles. The fourth-order valence-corrected chi connectivity index (χ4v) is 2.33. The van der Waals surface area contributed by atoms with Gasteiger partial charge in [0.2, 0.25) is 5.91 Å². The number of carboxylic acids is 1. The summed E-state index contributed by atoms with van der Waals surface area (Å²) in [6, 6.07) is 5.06. The topological polar surface area (TPSA) is 57.6 Å². The fraction of sp³-hybridized carbons (Fsp3) is 0.333. The molecule has 1 aliphatic rings. The van der Waals surface area contributed by atoms with Crippen LogP contribution in [0.3, 0.4) is 0 Å². The molecule has 1 fully saturated rings. The summed E-state index contributed by atoms with van der Waals surface area (Å²) in [6.45, 7) is 0.520. The molecule has 96 valence electrons. The summed E-state index contributed by atoms with van der Waals surface area (Å²) >= 11 is 11.9. The second-order valence-corrected chi connectivity index (χ2v) is 5.03. The van der Waals surface area contributed by atoms with Gasteiger partial charge in [0.15, 0.2) is 0 Å². The first-order valence-corrected chi connectivity index (χ1v) is 6.18. The first-order valence-electron chi connectivity index (χ1n) is 5.42. The maximum Gasteiger partial charge on any atom is 0.310 e. The second-order valence-electron chi connectivity index (χ2n) is 4.21. The Labute approximate surface area is 114 Å². The quantitative estimate of drug-likeness (QED) is 0.926. The van der Waals surface area contributed by atoms with Crippen molar-refractivity contribution in [1.29, 1.82) is 0 Å². The molecule has 1 aliphatic heterocycles. The number of benzene rings is 1. The van der Waals surface area contributed by atoms with Crippen LogP contribution in [0, 0.1) is 5.92 Å². The molecule has 0 spiro atoms. The highest BCUT2D eigenvalue weighted by Gasteiger charge is 2.35. The van der Waals surface area contributed by atoms with Crippen molar-refractivity contribution in [3.8, 4) is 0 Å². The van der Waals surface area contributed by atoms with Crippen molar-refractivity contribution in [3.05, 3.63) is 33.8 Å². The standard InChI is InChI=1S/C12H11Cl2NO3/c13-9-2-1-3-10(14)8(9)4-11(16)15-5-7(6-15)12(17)18/h1-3,7H,4-6H2,(H,17,18). The van der Waals surface area contributed by atoms with E-state index in [-0.39, 0.29) is 25.4 Å². The summed E-state index contributed by atoms with van der Waals surface area (Å²) in [5.41, 5.74) is 0.588. The molecule has 0 aromatic heterocycles. The van der Waals surface area contributed by atoms with Crippen molar-refractivity contribution in [1.82, 2.24) is 4.90 Å². The van der Waals surface area contributed by atoms with E-state index in [2.05, 4.69) is 0 Å². The van der Waals surface area contributed by atoms with Gasteiger partial charge in [0.25, 0.3) is 0 Å². The maximum atomic E-state index is 11.9. The number of carbonyl (C=O) groups excluding carboxylic acids is 1. The molecule has 0 aliphatic carbocycles. The SMILES string of the molecule is O=C(O)C1CN(C(=O)Cc2c(Cl)cccc2Cl)C1. The number of hydrogen-bond acceptors (Lipinski definition) is 2. The first kappa shape index (κ1) is 13.2. The zero-order chi connectivity index (χ0) is 13.3. The maximum absolute atomic E-state index is 11.9. The Morgan fingerprint density at radius 1 is 1.28 bits per heavy atom. The average molecular weight is 288 g/mol. The Kier molecular flexibility index (Phi) is 3.78. The lowest BCUT2D eigenvalue weighted by Gasteiger charge is -2.36. The predicted molar refractivity (Wildman–Crippen MR) is 67.9 cm³/mol. The van der Waals surface area contributed by atoms with Gasteiger partial charge >= 0.3 is 5.97 Å². The lowest BCUT2D eigenvalue weighted by atomic mass is 9.99. The molecule has 1 aromatic rings. The molecular weight excluding hydrogens is 277 g/mol. The number of amides is 1. The Morgan fingerprint density at radius 2 is 1.83 bits per heavy atom. The van der Waals surface area contributed by atoms with E-state index < -0.39 is 11.9 Å². The van der Waals surface area contributed by atoms with E-state index in [1.165, 1.54) is 4.90 Å². The minimum Gasteiger partial charge on any atom is -0.481 e. The molecule has 6 heteroatoms. The van der Waals surface area contributed by atoms with Crippen LogP contribution in [0.2, 0.25) is 10.0 Å². The minimum absolute atomic E-state index is 0.102. The van der Waals surface area contributed by atoms with Gasteiger partial charge in [-0.15, -0.1) is 0 Å². The number of nitrogens with zero attached hydrogens (tertiary/aromatic N) is 1. The summed E-state index contributed by atoms with van der Waals surface area (Å²) in [5, 5.41) is 9.63. The number of rotatable bonds is 3. The summed E-state index contributed by atoms with van der Waals surface area (Å²) in [4.78, 5) is 24.0. The summed E-state index contributed by atoms with van der Waals surface area (Å²) in [6.07, 6.45) is 0.102. The molecule has 0 radical (unpaired) electrons. The van der Waals surface area contributed by atoms with Gasteiger partial charge in [0.1, 0.15) is 0 Å². The minimum atomic E-state index is -0.866. The van der Waals surface area contributed by atoms with Gasteiger partial charge in [0, 0.05) is 23.1 Å². The zero-order valence-corrected chi connectivity index (χ0v) is 10.9. The number of likely N-dealkylation sites (tertiary alicyclic amines) is 1. The normalized spacial score (nSPS) is 15.3. The van der Waals surface area contributed by atoms with Crippen LogP contribution in [0.5, 0.6) is 0 Å².